The first-order valence-corrected chi connectivity index (χ1v) is 4.66. The molecule has 7 heteroatoms. The van der Waals surface area contributed by atoms with E-state index < -0.39 is 16.4 Å². The molecule has 0 saturated carbocycles. The summed E-state index contributed by atoms with van der Waals surface area (Å²) in [6.45, 7) is 1.40. The Hall–Kier alpha value is -2.18. The Kier molecular flexibility index (Phi) is 2.67. The number of aliphatic imine (C=N–C) groups is 1. The van der Waals surface area contributed by atoms with E-state index in [1.165, 1.54) is 6.07 Å². The third kappa shape index (κ3) is 2.08. The minimum Gasteiger partial charge on any atom is -0.354 e. The van der Waals surface area contributed by atoms with Gasteiger partial charge in [-0.2, -0.15) is 4.39 Å². The van der Waals surface area contributed by atoms with Gasteiger partial charge in [0.2, 0.25) is 5.82 Å². The van der Waals surface area contributed by atoms with E-state index in [1.54, 1.807) is 0 Å². The van der Waals surface area contributed by atoms with Gasteiger partial charge in [-0.25, -0.2) is 0 Å². The molecule has 2 N–H and O–H groups in total. The van der Waals surface area contributed by atoms with Crippen LogP contribution in [0, 0.1) is 15.9 Å². The lowest BCUT2D eigenvalue weighted by atomic mass is 10.2. The number of hydrogen-bond acceptors (Lipinski definition) is 5. The molecular formula is C9H9FN4O2. The SMILES string of the molecule is O=[N+]([O-])c1ccc(NC2=NCCN2)cc1F. The van der Waals surface area contributed by atoms with Gasteiger partial charge in [-0.3, -0.25) is 15.1 Å². The van der Waals surface area contributed by atoms with Gasteiger partial charge < -0.3 is 10.6 Å². The molecule has 16 heavy (non-hydrogen) atoms. The largest absolute Gasteiger partial charge is 0.354 e. The molecule has 0 amide bonds. The molecule has 0 aliphatic carbocycles. The van der Waals surface area contributed by atoms with Crippen molar-refractivity contribution >= 4 is 17.3 Å². The van der Waals surface area contributed by atoms with Crippen molar-refractivity contribution in [3.05, 3.63) is 34.1 Å². The number of hydrogen-bond donors (Lipinski definition) is 2. The van der Waals surface area contributed by atoms with Crippen LogP contribution in [-0.4, -0.2) is 24.0 Å². The number of benzene rings is 1. The molecule has 1 heterocycles. The predicted octanol–water partition coefficient (Wildman–Crippen LogP) is 1.10. The molecule has 1 aliphatic heterocycles. The van der Waals surface area contributed by atoms with Crippen molar-refractivity contribution in [3.8, 4) is 0 Å². The van der Waals surface area contributed by atoms with Crippen LogP contribution in [0.2, 0.25) is 0 Å². The van der Waals surface area contributed by atoms with E-state index in [2.05, 4.69) is 15.6 Å². The van der Waals surface area contributed by atoms with E-state index in [-0.39, 0.29) is 0 Å². The monoisotopic (exact) mass is 224 g/mol. The van der Waals surface area contributed by atoms with Gasteiger partial charge in [0.1, 0.15) is 0 Å². The third-order valence-corrected chi connectivity index (χ3v) is 2.08. The maximum Gasteiger partial charge on any atom is 0.304 e. The summed E-state index contributed by atoms with van der Waals surface area (Å²) in [5.74, 6) is -0.318. The quantitative estimate of drug-likeness (QED) is 0.582. The van der Waals surface area contributed by atoms with Crippen molar-refractivity contribution in [2.45, 2.75) is 0 Å². The van der Waals surface area contributed by atoms with E-state index in [0.29, 0.717) is 18.2 Å². The molecule has 0 unspecified atom stereocenters. The summed E-state index contributed by atoms with van der Waals surface area (Å²) in [5.41, 5.74) is -0.108. The molecule has 0 saturated heterocycles. The highest BCUT2D eigenvalue weighted by atomic mass is 19.1. The van der Waals surface area contributed by atoms with Gasteiger partial charge >= 0.3 is 5.69 Å². The van der Waals surface area contributed by atoms with Gasteiger partial charge in [0.05, 0.1) is 11.5 Å². The first-order valence-electron chi connectivity index (χ1n) is 4.66. The van der Waals surface area contributed by atoms with Crippen molar-refractivity contribution in [2.75, 3.05) is 18.4 Å². The van der Waals surface area contributed by atoms with E-state index in [0.717, 1.165) is 18.7 Å². The summed E-state index contributed by atoms with van der Waals surface area (Å²) in [7, 11) is 0. The summed E-state index contributed by atoms with van der Waals surface area (Å²) in [6, 6.07) is 3.62. The minimum atomic E-state index is -0.867. The summed E-state index contributed by atoms with van der Waals surface area (Å²) in [6.07, 6.45) is 0. The predicted molar refractivity (Wildman–Crippen MR) is 57.0 cm³/mol. The smallest absolute Gasteiger partial charge is 0.304 e. The lowest BCUT2D eigenvalue weighted by molar-refractivity contribution is -0.387. The third-order valence-electron chi connectivity index (χ3n) is 2.08. The molecule has 0 radical (unpaired) electrons. The lowest BCUT2D eigenvalue weighted by Crippen LogP contribution is -2.26. The van der Waals surface area contributed by atoms with Crippen molar-refractivity contribution in [1.82, 2.24) is 5.32 Å². The average molecular weight is 224 g/mol. The Labute approximate surface area is 90.3 Å². The van der Waals surface area contributed by atoms with Crippen LogP contribution in [-0.2, 0) is 0 Å². The minimum absolute atomic E-state index is 0.427. The van der Waals surface area contributed by atoms with Crippen LogP contribution in [0.15, 0.2) is 23.2 Å². The maximum absolute atomic E-state index is 13.2. The molecule has 84 valence electrons. The Morgan fingerprint density at radius 2 is 2.38 bits per heavy atom. The molecule has 0 spiro atoms. The molecule has 6 nitrogen and oxygen atoms in total. The van der Waals surface area contributed by atoms with Crippen LogP contribution in [0.25, 0.3) is 0 Å². The van der Waals surface area contributed by atoms with Crippen molar-refractivity contribution in [2.24, 2.45) is 4.99 Å². The molecule has 0 atom stereocenters. The lowest BCUT2D eigenvalue weighted by Gasteiger charge is -2.06. The van der Waals surface area contributed by atoms with E-state index in [9.17, 15) is 14.5 Å². The van der Waals surface area contributed by atoms with Gasteiger partial charge in [-0.1, -0.05) is 0 Å². The van der Waals surface area contributed by atoms with E-state index in [4.69, 9.17) is 0 Å². The zero-order chi connectivity index (χ0) is 11.5. The zero-order valence-corrected chi connectivity index (χ0v) is 8.24. The zero-order valence-electron chi connectivity index (χ0n) is 8.24. The van der Waals surface area contributed by atoms with Gasteiger partial charge in [0.15, 0.2) is 5.96 Å². The fourth-order valence-electron chi connectivity index (χ4n) is 1.35. The molecule has 1 aromatic carbocycles. The van der Waals surface area contributed by atoms with Crippen molar-refractivity contribution < 1.29 is 9.31 Å². The van der Waals surface area contributed by atoms with E-state index >= 15 is 0 Å². The number of nitro groups is 1. The molecule has 0 fully saturated rings. The average Bonchev–Trinajstić information content (AvgIpc) is 2.70. The molecular weight excluding hydrogens is 215 g/mol. The van der Waals surface area contributed by atoms with Crippen LogP contribution < -0.4 is 10.6 Å². The van der Waals surface area contributed by atoms with Crippen molar-refractivity contribution in [1.29, 1.82) is 0 Å². The Balaban J connectivity index is 2.17. The molecule has 0 aromatic heterocycles. The fourth-order valence-corrected chi connectivity index (χ4v) is 1.35. The molecule has 2 rings (SSSR count). The molecule has 1 aromatic rings. The van der Waals surface area contributed by atoms with Crippen LogP contribution >= 0.6 is 0 Å². The van der Waals surface area contributed by atoms with E-state index in [1.807, 2.05) is 0 Å². The second-order valence-corrected chi connectivity index (χ2v) is 3.21. The van der Waals surface area contributed by atoms with Gasteiger partial charge in [0, 0.05) is 24.4 Å². The summed E-state index contributed by atoms with van der Waals surface area (Å²) < 4.78 is 13.2. The van der Waals surface area contributed by atoms with Crippen LogP contribution in [0.3, 0.4) is 0 Å². The van der Waals surface area contributed by atoms with Crippen LogP contribution in [0.5, 0.6) is 0 Å². The number of nitro benzene ring substituents is 1. The molecule has 1 aliphatic rings. The van der Waals surface area contributed by atoms with Gasteiger partial charge in [0.25, 0.3) is 0 Å². The Morgan fingerprint density at radius 1 is 1.56 bits per heavy atom. The summed E-state index contributed by atoms with van der Waals surface area (Å²) >= 11 is 0. The topological polar surface area (TPSA) is 79.6 Å². The first kappa shape index (κ1) is 10.3. The second kappa shape index (κ2) is 4.13. The Bertz CT molecular complexity index is 461. The number of anilines is 1. The normalized spacial score (nSPS) is 14.2. The van der Waals surface area contributed by atoms with Crippen molar-refractivity contribution in [3.63, 3.8) is 0 Å². The van der Waals surface area contributed by atoms with Crippen LogP contribution in [0.4, 0.5) is 15.8 Å². The number of guanidine groups is 1. The Morgan fingerprint density at radius 3 is 2.94 bits per heavy atom. The highest BCUT2D eigenvalue weighted by Crippen LogP contribution is 2.20. The standard InChI is InChI=1S/C9H9FN4O2/c10-7-5-6(1-2-8(7)14(15)16)13-9-11-3-4-12-9/h1-2,5H,3-4H2,(H2,11,12,13). The fraction of sp³-hybridized carbons (Fsp3) is 0.222. The highest BCUT2D eigenvalue weighted by molar-refractivity contribution is 5.94. The summed E-state index contributed by atoms with van der Waals surface area (Å²) in [4.78, 5) is 13.7. The second-order valence-electron chi connectivity index (χ2n) is 3.21. The van der Waals surface area contributed by atoms with Crippen LogP contribution in [0.1, 0.15) is 0 Å². The number of nitrogens with one attached hydrogen (secondary N) is 2. The number of rotatable bonds is 2. The highest BCUT2D eigenvalue weighted by Gasteiger charge is 2.14. The van der Waals surface area contributed by atoms with Gasteiger partial charge in [-0.15, -0.1) is 0 Å². The number of nitrogens with zero attached hydrogens (tertiary/aromatic N) is 2. The summed E-state index contributed by atoms with van der Waals surface area (Å²) in [5, 5.41) is 16.2. The number of halogens is 1. The first-order chi connectivity index (χ1) is 7.66. The maximum atomic E-state index is 13.2. The molecule has 0 bridgehead atoms. The van der Waals surface area contributed by atoms with Gasteiger partial charge in [-0.05, 0) is 6.07 Å².